The minimum absolute atomic E-state index is 0.0954. The molecule has 1 saturated carbocycles. The number of ether oxygens (including phenoxy) is 2. The first-order valence-corrected chi connectivity index (χ1v) is 10.1. The number of nitrogens with one attached hydrogen (secondary N) is 2. The molecular weight excluding hydrogens is 366 g/mol. The highest BCUT2D eigenvalue weighted by Gasteiger charge is 2.34. The van der Waals surface area contributed by atoms with E-state index in [1.54, 1.807) is 20.3 Å². The summed E-state index contributed by atoms with van der Waals surface area (Å²) in [6, 6.07) is 5.78. The van der Waals surface area contributed by atoms with Crippen molar-refractivity contribution < 1.29 is 14.3 Å². The summed E-state index contributed by atoms with van der Waals surface area (Å²) in [4.78, 5) is 25.2. The molecule has 0 saturated heterocycles. The summed E-state index contributed by atoms with van der Waals surface area (Å²) in [7, 11) is 3.19. The average molecular weight is 389 g/mol. The van der Waals surface area contributed by atoms with E-state index in [1.807, 2.05) is 16.8 Å². The number of benzene rings is 1. The van der Waals surface area contributed by atoms with E-state index in [1.165, 1.54) is 11.8 Å². The van der Waals surface area contributed by atoms with Crippen molar-refractivity contribution in [3.05, 3.63) is 39.7 Å². The lowest BCUT2D eigenvalue weighted by molar-refractivity contribution is -0.113. The minimum Gasteiger partial charge on any atom is -0.497 e. The van der Waals surface area contributed by atoms with Gasteiger partial charge in [0.1, 0.15) is 17.3 Å². The molecule has 7 nitrogen and oxygen atoms in total. The number of hydrogen-bond donors (Lipinski definition) is 2. The normalized spacial score (nSPS) is 20.1. The van der Waals surface area contributed by atoms with Crippen molar-refractivity contribution in [3.63, 3.8) is 0 Å². The number of carbonyl (C=O) groups is 1. The Hall–Kier alpha value is -2.35. The number of H-pyrrole nitrogens is 1. The third-order valence-corrected chi connectivity index (χ3v) is 6.53. The summed E-state index contributed by atoms with van der Waals surface area (Å²) in [6.07, 6.45) is 4.29. The van der Waals surface area contributed by atoms with Crippen LogP contribution in [0.5, 0.6) is 11.5 Å². The van der Waals surface area contributed by atoms with Crippen molar-refractivity contribution in [2.24, 2.45) is 0 Å². The summed E-state index contributed by atoms with van der Waals surface area (Å²) in [6.45, 7) is 0. The van der Waals surface area contributed by atoms with E-state index in [0.29, 0.717) is 22.9 Å². The lowest BCUT2D eigenvalue weighted by atomic mass is 10.0. The number of methoxy groups -OCH3 is 2. The molecule has 0 unspecified atom stereocenters. The predicted molar refractivity (Wildman–Crippen MR) is 105 cm³/mol. The van der Waals surface area contributed by atoms with E-state index in [4.69, 9.17) is 9.47 Å². The Morgan fingerprint density at radius 1 is 1.15 bits per heavy atom. The molecule has 27 heavy (non-hydrogen) atoms. The molecule has 2 aromatic rings. The molecule has 0 radical (unpaired) electrons. The van der Waals surface area contributed by atoms with E-state index in [9.17, 15) is 9.59 Å². The second-order valence-electron chi connectivity index (χ2n) is 6.86. The molecule has 1 aromatic carbocycles. The van der Waals surface area contributed by atoms with E-state index in [-0.39, 0.29) is 28.5 Å². The fourth-order valence-electron chi connectivity index (χ4n) is 3.96. The second-order valence-corrected chi connectivity index (χ2v) is 7.95. The number of aromatic nitrogens is 2. The standard InChI is InChI=1S/C19H23N3O4S/c1-25-12-7-8-13(14(9-12)26-2)17-16-18(20-15(23)10-27-17)22(21-19(16)24)11-5-3-4-6-11/h7-9,11,17H,3-6,10H2,1-2H3,(H,20,23)(H,21,24)/t17-/m1/s1. The molecule has 0 bridgehead atoms. The zero-order valence-electron chi connectivity index (χ0n) is 15.4. The van der Waals surface area contributed by atoms with Crippen LogP contribution in [0.15, 0.2) is 23.0 Å². The highest BCUT2D eigenvalue weighted by atomic mass is 32.2. The number of hydrogen-bond acceptors (Lipinski definition) is 5. The first-order chi connectivity index (χ1) is 13.1. The van der Waals surface area contributed by atoms with E-state index in [0.717, 1.165) is 31.2 Å². The van der Waals surface area contributed by atoms with Gasteiger partial charge in [-0.1, -0.05) is 18.9 Å². The molecule has 144 valence electrons. The third kappa shape index (κ3) is 3.22. The van der Waals surface area contributed by atoms with Gasteiger partial charge < -0.3 is 14.8 Å². The maximum absolute atomic E-state index is 12.9. The molecular formula is C19H23N3O4S. The van der Waals surface area contributed by atoms with Gasteiger partial charge in [0.15, 0.2) is 0 Å². The molecule has 1 aromatic heterocycles. The molecule has 2 aliphatic rings. The van der Waals surface area contributed by atoms with Gasteiger partial charge in [0, 0.05) is 11.6 Å². The molecule has 1 atom stereocenters. The smallest absolute Gasteiger partial charge is 0.270 e. The van der Waals surface area contributed by atoms with Crippen LogP contribution in [0.2, 0.25) is 0 Å². The number of thioether (sulfide) groups is 1. The van der Waals surface area contributed by atoms with E-state index >= 15 is 0 Å². The van der Waals surface area contributed by atoms with Gasteiger partial charge in [0.05, 0.1) is 36.8 Å². The van der Waals surface area contributed by atoms with Gasteiger partial charge in [-0.25, -0.2) is 0 Å². The number of anilines is 1. The summed E-state index contributed by atoms with van der Waals surface area (Å²) in [5.41, 5.74) is 1.28. The van der Waals surface area contributed by atoms with Crippen molar-refractivity contribution >= 4 is 23.5 Å². The van der Waals surface area contributed by atoms with Gasteiger partial charge in [-0.3, -0.25) is 19.4 Å². The van der Waals surface area contributed by atoms with E-state index < -0.39 is 0 Å². The molecule has 2 heterocycles. The van der Waals surface area contributed by atoms with E-state index in [2.05, 4.69) is 10.4 Å². The van der Waals surface area contributed by atoms with Gasteiger partial charge in [0.2, 0.25) is 5.91 Å². The minimum atomic E-state index is -0.300. The first kappa shape index (κ1) is 18.0. The Bertz CT molecular complexity index is 914. The van der Waals surface area contributed by atoms with Crippen molar-refractivity contribution in [2.45, 2.75) is 37.0 Å². The van der Waals surface area contributed by atoms with Crippen LogP contribution in [0.3, 0.4) is 0 Å². The maximum atomic E-state index is 12.9. The van der Waals surface area contributed by atoms with Crippen molar-refractivity contribution in [1.29, 1.82) is 0 Å². The van der Waals surface area contributed by atoms with Gasteiger partial charge in [-0.05, 0) is 18.9 Å². The van der Waals surface area contributed by atoms with Crippen LogP contribution < -0.4 is 20.3 Å². The van der Waals surface area contributed by atoms with Crippen LogP contribution in [0.25, 0.3) is 0 Å². The third-order valence-electron chi connectivity index (χ3n) is 5.28. The Kier molecular flexibility index (Phi) is 4.90. The summed E-state index contributed by atoms with van der Waals surface area (Å²) < 4.78 is 12.7. The number of amides is 1. The lowest BCUT2D eigenvalue weighted by Gasteiger charge is -2.18. The summed E-state index contributed by atoms with van der Waals surface area (Å²) >= 11 is 1.43. The molecule has 1 amide bonds. The number of rotatable bonds is 4. The molecule has 2 N–H and O–H groups in total. The molecule has 1 aliphatic carbocycles. The van der Waals surface area contributed by atoms with Gasteiger partial charge in [-0.15, -0.1) is 11.8 Å². The van der Waals surface area contributed by atoms with Gasteiger partial charge in [0.25, 0.3) is 5.56 Å². The predicted octanol–water partition coefficient (Wildman–Crippen LogP) is 3.08. The highest BCUT2D eigenvalue weighted by molar-refractivity contribution is 8.00. The van der Waals surface area contributed by atoms with Crippen LogP contribution in [-0.4, -0.2) is 35.7 Å². The van der Waals surface area contributed by atoms with Crippen LogP contribution in [0.1, 0.15) is 48.1 Å². The fourth-order valence-corrected chi connectivity index (χ4v) is 5.11. The number of fused-ring (bicyclic) bond motifs is 1. The molecule has 1 fully saturated rings. The topological polar surface area (TPSA) is 85.4 Å². The Morgan fingerprint density at radius 3 is 2.63 bits per heavy atom. The Balaban J connectivity index is 1.85. The van der Waals surface area contributed by atoms with Crippen LogP contribution in [0, 0.1) is 0 Å². The Morgan fingerprint density at radius 2 is 1.93 bits per heavy atom. The average Bonchev–Trinajstić information content (AvgIpc) is 3.27. The van der Waals surface area contributed by atoms with Gasteiger partial charge >= 0.3 is 0 Å². The molecule has 0 spiro atoms. The SMILES string of the molecule is COc1ccc([C@H]2SCC(=O)Nc3c2c(=O)[nH]n3C2CCCC2)c(OC)c1. The quantitative estimate of drug-likeness (QED) is 0.839. The molecule has 1 aliphatic heterocycles. The monoisotopic (exact) mass is 389 g/mol. The molecule has 4 rings (SSSR count). The zero-order valence-corrected chi connectivity index (χ0v) is 16.2. The van der Waals surface area contributed by atoms with Gasteiger partial charge in [-0.2, -0.15) is 0 Å². The maximum Gasteiger partial charge on any atom is 0.270 e. The van der Waals surface area contributed by atoms with Crippen LogP contribution in [0.4, 0.5) is 5.82 Å². The van der Waals surface area contributed by atoms with Crippen LogP contribution in [-0.2, 0) is 4.79 Å². The summed E-state index contributed by atoms with van der Waals surface area (Å²) in [5.74, 6) is 2.10. The fraction of sp³-hybridized carbons (Fsp3) is 0.474. The lowest BCUT2D eigenvalue weighted by Crippen LogP contribution is -2.18. The van der Waals surface area contributed by atoms with Crippen LogP contribution >= 0.6 is 11.8 Å². The first-order valence-electron chi connectivity index (χ1n) is 9.10. The van der Waals surface area contributed by atoms with Crippen molar-refractivity contribution in [3.8, 4) is 11.5 Å². The second kappa shape index (κ2) is 7.34. The summed E-state index contributed by atoms with van der Waals surface area (Å²) in [5, 5.41) is 5.63. The largest absolute Gasteiger partial charge is 0.497 e. The highest BCUT2D eigenvalue weighted by Crippen LogP contribution is 2.45. The Labute approximate surface area is 161 Å². The van der Waals surface area contributed by atoms with Crippen molar-refractivity contribution in [2.75, 3.05) is 25.3 Å². The van der Waals surface area contributed by atoms with Crippen molar-refractivity contribution in [1.82, 2.24) is 9.78 Å². The number of nitrogens with zero attached hydrogens (tertiary/aromatic N) is 1. The molecule has 8 heteroatoms. The number of aromatic amines is 1. The zero-order chi connectivity index (χ0) is 19.0. The number of carbonyl (C=O) groups excluding carboxylic acids is 1.